The summed E-state index contributed by atoms with van der Waals surface area (Å²) < 4.78 is 0. The van der Waals surface area contributed by atoms with E-state index in [0.29, 0.717) is 0 Å². The summed E-state index contributed by atoms with van der Waals surface area (Å²) >= 11 is 0. The first-order valence-corrected chi connectivity index (χ1v) is 8.18. The molecule has 1 fully saturated rings. The lowest BCUT2D eigenvalue weighted by molar-refractivity contribution is -0.137. The maximum atomic E-state index is 9.85. The summed E-state index contributed by atoms with van der Waals surface area (Å²) in [6, 6.07) is 0. The second-order valence-electron chi connectivity index (χ2n) is 5.55. The lowest BCUT2D eigenvalue weighted by Crippen LogP contribution is -2.51. The molecule has 136 valence electrons. The molecule has 0 aromatic rings. The van der Waals surface area contributed by atoms with E-state index in [1.807, 2.05) is 12.4 Å². The van der Waals surface area contributed by atoms with Crippen molar-refractivity contribution >= 4 is 23.6 Å². The maximum Gasteiger partial charge on any atom is 0.307 e. The minimum Gasteiger partial charge on any atom is -0.481 e. The van der Waals surface area contributed by atoms with Crippen LogP contribution in [-0.2, 0) is 9.59 Å². The van der Waals surface area contributed by atoms with Crippen LogP contribution in [-0.4, -0.2) is 82.9 Å². The third-order valence-corrected chi connectivity index (χ3v) is 3.69. The number of piperazine rings is 1. The third-order valence-electron chi connectivity index (χ3n) is 3.69. The molecule has 0 aromatic carbocycles. The maximum absolute atomic E-state index is 9.85. The normalized spacial score (nSPS) is 19.0. The Morgan fingerprint density at radius 1 is 1.08 bits per heavy atom. The highest BCUT2D eigenvalue weighted by Crippen LogP contribution is 2.12. The van der Waals surface area contributed by atoms with Crippen LogP contribution in [0.3, 0.4) is 0 Å². The fourth-order valence-electron chi connectivity index (χ4n) is 2.51. The number of hydrogen-bond acceptors (Lipinski definition) is 7. The van der Waals surface area contributed by atoms with E-state index in [2.05, 4.69) is 25.1 Å². The molecule has 1 saturated heterocycles. The third kappa shape index (κ3) is 6.03. The summed E-state index contributed by atoms with van der Waals surface area (Å²) in [7, 11) is 0. The van der Waals surface area contributed by atoms with E-state index in [1.165, 1.54) is 12.2 Å². The quantitative estimate of drug-likeness (QED) is 0.611. The van der Waals surface area contributed by atoms with Gasteiger partial charge in [-0.3, -0.25) is 14.6 Å². The van der Waals surface area contributed by atoms with E-state index in [1.54, 1.807) is 0 Å². The molecule has 25 heavy (non-hydrogen) atoms. The zero-order valence-corrected chi connectivity index (χ0v) is 14.0. The van der Waals surface area contributed by atoms with Crippen molar-refractivity contribution in [2.24, 2.45) is 9.98 Å². The van der Waals surface area contributed by atoms with E-state index >= 15 is 0 Å². The second-order valence-corrected chi connectivity index (χ2v) is 5.55. The van der Waals surface area contributed by atoms with Gasteiger partial charge >= 0.3 is 11.9 Å². The first kappa shape index (κ1) is 18.7. The van der Waals surface area contributed by atoms with Crippen molar-refractivity contribution in [3.63, 3.8) is 0 Å². The second kappa shape index (κ2) is 9.58. The van der Waals surface area contributed by atoms with E-state index < -0.39 is 11.9 Å². The minimum absolute atomic E-state index is 0.118. The van der Waals surface area contributed by atoms with Crippen LogP contribution in [0.25, 0.3) is 0 Å². The molecule has 0 saturated carbocycles. The summed E-state index contributed by atoms with van der Waals surface area (Å²) in [5.41, 5.74) is 0. The van der Waals surface area contributed by atoms with Crippen molar-refractivity contribution in [1.82, 2.24) is 15.1 Å². The number of carboxylic acids is 2. The Morgan fingerprint density at radius 3 is 2.32 bits per heavy atom. The van der Waals surface area contributed by atoms with Gasteiger partial charge in [0, 0.05) is 45.1 Å². The van der Waals surface area contributed by atoms with Gasteiger partial charge in [0.15, 0.2) is 11.7 Å². The van der Waals surface area contributed by atoms with E-state index in [-0.39, 0.29) is 12.8 Å². The predicted molar refractivity (Wildman–Crippen MR) is 93.7 cm³/mol. The highest BCUT2D eigenvalue weighted by molar-refractivity contribution is 6.41. The standard InChI is InChI=1S/C10H15N5.C6H8O4/c1-5-14(6-2-11-1)9-10-13-4-8-15(10)7-3-12-9;7-5(8)3-1-2-4-6(9)10/h3,7,11H,1-2,4-6,8H2;1-2H,3-4H2,(H,7,8)(H,9,10)/b;2-1-. The predicted octanol–water partition coefficient (Wildman–Crippen LogP) is -0.0190. The number of nitrogens with one attached hydrogen (secondary N) is 1. The Hall–Kier alpha value is -2.68. The number of aliphatic imine (C=N–C) groups is 2. The van der Waals surface area contributed by atoms with E-state index in [9.17, 15) is 9.59 Å². The van der Waals surface area contributed by atoms with Gasteiger partial charge in [0.1, 0.15) is 0 Å². The molecule has 3 N–H and O–H groups in total. The fourth-order valence-corrected chi connectivity index (χ4v) is 2.51. The number of carboxylic acid groups (broad SMARTS) is 2. The molecule has 9 nitrogen and oxygen atoms in total. The van der Waals surface area contributed by atoms with Crippen LogP contribution in [0.5, 0.6) is 0 Å². The molecule has 0 radical (unpaired) electrons. The molecular formula is C16H23N5O4. The molecule has 0 aromatic heterocycles. The summed E-state index contributed by atoms with van der Waals surface area (Å²) in [6.07, 6.45) is 6.28. The van der Waals surface area contributed by atoms with Gasteiger partial charge in [-0.2, -0.15) is 0 Å². The van der Waals surface area contributed by atoms with Crippen molar-refractivity contribution in [1.29, 1.82) is 0 Å². The van der Waals surface area contributed by atoms with Gasteiger partial charge in [-0.1, -0.05) is 12.2 Å². The number of fused-ring (bicyclic) bond motifs is 1. The van der Waals surface area contributed by atoms with Crippen molar-refractivity contribution in [2.45, 2.75) is 12.8 Å². The average Bonchev–Trinajstić information content (AvgIpc) is 3.08. The van der Waals surface area contributed by atoms with Gasteiger partial charge in [0.05, 0.1) is 19.4 Å². The van der Waals surface area contributed by atoms with Gasteiger partial charge in [0.25, 0.3) is 0 Å². The number of hydrogen-bond donors (Lipinski definition) is 3. The SMILES string of the molecule is C1=CN2CCN=C2C(N2CCNCC2)=N1.O=C(O)C/C=C\CC(=O)O. The van der Waals surface area contributed by atoms with Crippen molar-refractivity contribution in [3.05, 3.63) is 24.6 Å². The average molecular weight is 349 g/mol. The topological polar surface area (TPSA) is 118 Å². The fraction of sp³-hybridized carbons (Fsp3) is 0.500. The number of aliphatic carboxylic acids is 2. The number of rotatable bonds is 4. The van der Waals surface area contributed by atoms with Crippen LogP contribution in [0.4, 0.5) is 0 Å². The molecule has 0 aliphatic carbocycles. The summed E-state index contributed by atoms with van der Waals surface area (Å²) in [5, 5.41) is 19.5. The molecule has 3 heterocycles. The Kier molecular flexibility index (Phi) is 7.15. The molecule has 0 atom stereocenters. The van der Waals surface area contributed by atoms with Crippen LogP contribution in [0.15, 0.2) is 34.5 Å². The van der Waals surface area contributed by atoms with Gasteiger partial charge in [0.2, 0.25) is 0 Å². The van der Waals surface area contributed by atoms with E-state index in [4.69, 9.17) is 10.2 Å². The molecule has 3 rings (SSSR count). The first-order valence-electron chi connectivity index (χ1n) is 8.18. The van der Waals surface area contributed by atoms with Crippen molar-refractivity contribution < 1.29 is 19.8 Å². The Labute approximate surface area is 146 Å². The van der Waals surface area contributed by atoms with Gasteiger partial charge in [-0.25, -0.2) is 4.99 Å². The monoisotopic (exact) mass is 349 g/mol. The minimum atomic E-state index is -0.957. The Balaban J connectivity index is 0.000000199. The van der Waals surface area contributed by atoms with Crippen molar-refractivity contribution in [3.8, 4) is 0 Å². The lowest BCUT2D eigenvalue weighted by atomic mass is 10.3. The molecule has 0 bridgehead atoms. The largest absolute Gasteiger partial charge is 0.481 e. The molecule has 0 amide bonds. The molecule has 3 aliphatic rings. The molecule has 0 unspecified atom stereocenters. The number of carbonyl (C=O) groups is 2. The van der Waals surface area contributed by atoms with Crippen molar-refractivity contribution in [2.75, 3.05) is 39.3 Å². The smallest absolute Gasteiger partial charge is 0.307 e. The zero-order valence-electron chi connectivity index (χ0n) is 14.0. The number of nitrogens with zero attached hydrogens (tertiary/aromatic N) is 4. The molecule has 0 spiro atoms. The lowest BCUT2D eigenvalue weighted by Gasteiger charge is -2.32. The molecular weight excluding hydrogens is 326 g/mol. The Bertz CT molecular complexity index is 588. The van der Waals surface area contributed by atoms with Gasteiger partial charge < -0.3 is 25.3 Å². The highest BCUT2D eigenvalue weighted by atomic mass is 16.4. The van der Waals surface area contributed by atoms with Crippen LogP contribution < -0.4 is 5.32 Å². The van der Waals surface area contributed by atoms with Crippen LogP contribution in [0, 0.1) is 0 Å². The molecule has 9 heteroatoms. The summed E-state index contributed by atoms with van der Waals surface area (Å²) in [4.78, 5) is 33.2. The highest BCUT2D eigenvalue weighted by Gasteiger charge is 2.27. The Morgan fingerprint density at radius 2 is 1.72 bits per heavy atom. The number of amidine groups is 2. The van der Waals surface area contributed by atoms with Gasteiger partial charge in [-0.15, -0.1) is 0 Å². The van der Waals surface area contributed by atoms with Gasteiger partial charge in [-0.05, 0) is 0 Å². The first-order chi connectivity index (χ1) is 12.1. The molecule has 3 aliphatic heterocycles. The van der Waals surface area contributed by atoms with Crippen LogP contribution in [0.1, 0.15) is 12.8 Å². The van der Waals surface area contributed by atoms with Crippen LogP contribution in [0.2, 0.25) is 0 Å². The van der Waals surface area contributed by atoms with Crippen LogP contribution >= 0.6 is 0 Å². The summed E-state index contributed by atoms with van der Waals surface area (Å²) in [6.45, 7) is 6.02. The zero-order chi connectivity index (χ0) is 18.1. The summed E-state index contributed by atoms with van der Waals surface area (Å²) in [5.74, 6) is 0.194. The van der Waals surface area contributed by atoms with E-state index in [0.717, 1.165) is 50.9 Å².